The second kappa shape index (κ2) is 7.98. The fraction of sp³-hybridized carbons (Fsp3) is 0.389. The van der Waals surface area contributed by atoms with E-state index in [1.807, 2.05) is 13.8 Å². The van der Waals surface area contributed by atoms with Crippen LogP contribution in [0.4, 0.5) is 0 Å². The predicted molar refractivity (Wildman–Crippen MR) is 94.2 cm³/mol. The number of carbonyl (C=O) groups excluding carboxylic acids is 4. The highest BCUT2D eigenvalue weighted by atomic mass is 16.4. The molecule has 4 amide bonds. The average Bonchev–Trinajstić information content (AvgIpc) is 2.82. The topological polar surface area (TPSA) is 133 Å². The lowest BCUT2D eigenvalue weighted by Crippen LogP contribution is -2.46. The molecule has 1 atom stereocenters. The van der Waals surface area contributed by atoms with E-state index in [4.69, 9.17) is 5.11 Å². The number of hydrogen-bond donors (Lipinski definition) is 3. The van der Waals surface area contributed by atoms with Gasteiger partial charge >= 0.3 is 5.97 Å². The zero-order valence-corrected chi connectivity index (χ0v) is 15.2. The number of carboxylic acid groups (broad SMARTS) is 1. The lowest BCUT2D eigenvalue weighted by molar-refractivity contribution is -0.142. The number of nitrogens with one attached hydrogen (secondary N) is 2. The molecule has 0 aliphatic carbocycles. The van der Waals surface area contributed by atoms with Crippen LogP contribution in [0.5, 0.6) is 0 Å². The Labute approximate surface area is 155 Å². The highest BCUT2D eigenvalue weighted by molar-refractivity contribution is 6.21. The van der Waals surface area contributed by atoms with Crippen molar-refractivity contribution in [2.24, 2.45) is 5.92 Å². The SMILES string of the molecule is CC(C)C[C@H](NC(=O)CNC(=O)c1ccc2c(c1)C(=O)N(C)C2=O)C(=O)O. The van der Waals surface area contributed by atoms with E-state index in [1.165, 1.54) is 25.2 Å². The maximum absolute atomic E-state index is 12.2. The van der Waals surface area contributed by atoms with Crippen molar-refractivity contribution in [3.63, 3.8) is 0 Å². The lowest BCUT2D eigenvalue weighted by atomic mass is 10.0. The molecule has 0 bridgehead atoms. The summed E-state index contributed by atoms with van der Waals surface area (Å²) in [4.78, 5) is 60.0. The van der Waals surface area contributed by atoms with Gasteiger partial charge in [0.05, 0.1) is 17.7 Å². The fourth-order valence-corrected chi connectivity index (χ4v) is 2.70. The van der Waals surface area contributed by atoms with E-state index in [2.05, 4.69) is 10.6 Å². The molecule has 27 heavy (non-hydrogen) atoms. The molecule has 144 valence electrons. The van der Waals surface area contributed by atoms with Gasteiger partial charge in [-0.05, 0) is 30.5 Å². The summed E-state index contributed by atoms with van der Waals surface area (Å²) in [6, 6.07) is 3.03. The minimum absolute atomic E-state index is 0.0748. The quantitative estimate of drug-likeness (QED) is 0.586. The number of hydrogen-bond acceptors (Lipinski definition) is 5. The highest BCUT2D eigenvalue weighted by Crippen LogP contribution is 2.22. The monoisotopic (exact) mass is 375 g/mol. The van der Waals surface area contributed by atoms with Crippen LogP contribution in [0.15, 0.2) is 18.2 Å². The molecule has 3 N–H and O–H groups in total. The van der Waals surface area contributed by atoms with Crippen molar-refractivity contribution < 1.29 is 29.1 Å². The van der Waals surface area contributed by atoms with Crippen molar-refractivity contribution in [3.05, 3.63) is 34.9 Å². The second-order valence-corrected chi connectivity index (χ2v) is 6.70. The molecule has 1 aliphatic heterocycles. The van der Waals surface area contributed by atoms with Gasteiger partial charge in [-0.3, -0.25) is 24.1 Å². The maximum atomic E-state index is 12.2. The van der Waals surface area contributed by atoms with E-state index >= 15 is 0 Å². The third kappa shape index (κ3) is 4.49. The van der Waals surface area contributed by atoms with Crippen LogP contribution in [0.2, 0.25) is 0 Å². The molecule has 1 heterocycles. The molecule has 1 aromatic carbocycles. The molecule has 0 aromatic heterocycles. The van der Waals surface area contributed by atoms with Crippen molar-refractivity contribution in [1.82, 2.24) is 15.5 Å². The van der Waals surface area contributed by atoms with Crippen LogP contribution in [-0.2, 0) is 9.59 Å². The van der Waals surface area contributed by atoms with E-state index < -0.39 is 42.2 Å². The number of amides is 4. The summed E-state index contributed by atoms with van der Waals surface area (Å²) in [5.74, 6) is -3.26. The number of benzene rings is 1. The van der Waals surface area contributed by atoms with Gasteiger partial charge in [0.1, 0.15) is 6.04 Å². The Morgan fingerprint density at radius 1 is 1.11 bits per heavy atom. The first-order valence-corrected chi connectivity index (χ1v) is 8.38. The van der Waals surface area contributed by atoms with Crippen LogP contribution in [0.25, 0.3) is 0 Å². The largest absolute Gasteiger partial charge is 0.480 e. The Morgan fingerprint density at radius 3 is 2.33 bits per heavy atom. The fourth-order valence-electron chi connectivity index (χ4n) is 2.70. The molecular weight excluding hydrogens is 354 g/mol. The molecule has 2 rings (SSSR count). The Balaban J connectivity index is 1.98. The van der Waals surface area contributed by atoms with E-state index in [1.54, 1.807) is 0 Å². The molecule has 1 aliphatic rings. The lowest BCUT2D eigenvalue weighted by Gasteiger charge is -2.16. The summed E-state index contributed by atoms with van der Waals surface area (Å²) < 4.78 is 0. The van der Waals surface area contributed by atoms with Gasteiger partial charge < -0.3 is 15.7 Å². The smallest absolute Gasteiger partial charge is 0.326 e. The van der Waals surface area contributed by atoms with Crippen molar-refractivity contribution in [3.8, 4) is 0 Å². The summed E-state index contributed by atoms with van der Waals surface area (Å²) in [7, 11) is 1.35. The van der Waals surface area contributed by atoms with Gasteiger partial charge in [0, 0.05) is 12.6 Å². The molecule has 0 radical (unpaired) electrons. The number of carboxylic acids is 1. The first kappa shape index (κ1) is 20.1. The van der Waals surface area contributed by atoms with Crippen molar-refractivity contribution in [2.75, 3.05) is 13.6 Å². The molecule has 9 heteroatoms. The number of imide groups is 1. The van der Waals surface area contributed by atoms with Gasteiger partial charge in [-0.1, -0.05) is 13.8 Å². The summed E-state index contributed by atoms with van der Waals surface area (Å²) >= 11 is 0. The Hall–Kier alpha value is -3.23. The number of carbonyl (C=O) groups is 5. The molecule has 0 saturated heterocycles. The van der Waals surface area contributed by atoms with Crippen LogP contribution in [0, 0.1) is 5.92 Å². The molecule has 9 nitrogen and oxygen atoms in total. The van der Waals surface area contributed by atoms with Gasteiger partial charge in [-0.15, -0.1) is 0 Å². The van der Waals surface area contributed by atoms with E-state index in [0.717, 1.165) is 4.90 Å². The van der Waals surface area contributed by atoms with Crippen molar-refractivity contribution in [1.29, 1.82) is 0 Å². The minimum atomic E-state index is -1.14. The zero-order chi connectivity index (χ0) is 20.3. The summed E-state index contributed by atoms with van der Waals surface area (Å²) in [5.41, 5.74) is 0.465. The van der Waals surface area contributed by atoms with Gasteiger partial charge in [-0.2, -0.15) is 0 Å². The molecular formula is C18H21N3O6. The molecule has 0 unspecified atom stereocenters. The van der Waals surface area contributed by atoms with Crippen LogP contribution < -0.4 is 10.6 Å². The summed E-state index contributed by atoms with van der Waals surface area (Å²) in [6.07, 6.45) is 0.267. The number of rotatable bonds is 7. The molecule has 0 fully saturated rings. The van der Waals surface area contributed by atoms with Crippen LogP contribution in [-0.4, -0.2) is 59.2 Å². The van der Waals surface area contributed by atoms with Gasteiger partial charge in [0.2, 0.25) is 5.91 Å². The first-order valence-electron chi connectivity index (χ1n) is 8.38. The zero-order valence-electron chi connectivity index (χ0n) is 15.2. The first-order chi connectivity index (χ1) is 12.6. The van der Waals surface area contributed by atoms with Gasteiger partial charge in [0.15, 0.2) is 0 Å². The van der Waals surface area contributed by atoms with Gasteiger partial charge in [0.25, 0.3) is 17.7 Å². The third-order valence-corrected chi connectivity index (χ3v) is 4.10. The predicted octanol–water partition coefficient (Wildman–Crippen LogP) is 0.258. The van der Waals surface area contributed by atoms with E-state index in [-0.39, 0.29) is 29.0 Å². The molecule has 0 saturated carbocycles. The standard InChI is InChI=1S/C18H21N3O6/c1-9(2)6-13(18(26)27)20-14(22)8-19-15(23)10-4-5-11-12(7-10)17(25)21(3)16(11)24/h4-5,7,9,13H,6,8H2,1-3H3,(H,19,23)(H,20,22)(H,26,27)/t13-/m0/s1. The van der Waals surface area contributed by atoms with Crippen molar-refractivity contribution >= 4 is 29.6 Å². The van der Waals surface area contributed by atoms with Crippen LogP contribution in [0.1, 0.15) is 51.3 Å². The molecule has 0 spiro atoms. The summed E-state index contributed by atoms with van der Waals surface area (Å²) in [5, 5.41) is 13.8. The van der Waals surface area contributed by atoms with E-state index in [9.17, 15) is 24.0 Å². The van der Waals surface area contributed by atoms with E-state index in [0.29, 0.717) is 0 Å². The van der Waals surface area contributed by atoms with Crippen LogP contribution in [0.3, 0.4) is 0 Å². The Morgan fingerprint density at radius 2 is 1.74 bits per heavy atom. The highest BCUT2D eigenvalue weighted by Gasteiger charge is 2.33. The third-order valence-electron chi connectivity index (χ3n) is 4.10. The normalized spacial score (nSPS) is 14.1. The second-order valence-electron chi connectivity index (χ2n) is 6.70. The Kier molecular flexibility index (Phi) is 5.94. The summed E-state index contributed by atoms with van der Waals surface area (Å²) in [6.45, 7) is 3.26. The average molecular weight is 375 g/mol. The minimum Gasteiger partial charge on any atom is -0.480 e. The van der Waals surface area contributed by atoms with Gasteiger partial charge in [-0.25, -0.2) is 4.79 Å². The Bertz CT molecular complexity index is 817. The number of nitrogens with zero attached hydrogens (tertiary/aromatic N) is 1. The maximum Gasteiger partial charge on any atom is 0.326 e. The molecule has 1 aromatic rings. The number of fused-ring (bicyclic) bond motifs is 1. The number of aliphatic carboxylic acids is 1. The van der Waals surface area contributed by atoms with Crippen molar-refractivity contribution in [2.45, 2.75) is 26.3 Å². The van der Waals surface area contributed by atoms with Crippen LogP contribution >= 0.6 is 0 Å².